The van der Waals surface area contributed by atoms with Crippen LogP contribution in [0.15, 0.2) is 18.2 Å². The first-order chi connectivity index (χ1) is 7.90. The minimum Gasteiger partial charge on any atom is -0.443 e. The van der Waals surface area contributed by atoms with Crippen LogP contribution in [0.1, 0.15) is 22.7 Å². The van der Waals surface area contributed by atoms with Gasteiger partial charge in [0.1, 0.15) is 6.04 Å². The molecule has 1 aliphatic rings. The van der Waals surface area contributed by atoms with Crippen LogP contribution in [0.2, 0.25) is 0 Å². The summed E-state index contributed by atoms with van der Waals surface area (Å²) in [5, 5.41) is 2.17. The van der Waals surface area contributed by atoms with Gasteiger partial charge in [0.15, 0.2) is 6.61 Å². The predicted octanol–water partition coefficient (Wildman–Crippen LogP) is 3.14. The molecule has 1 aliphatic heterocycles. The minimum absolute atomic E-state index is 0. The monoisotopic (exact) mass is 277 g/mol. The largest absolute Gasteiger partial charge is 0.443 e. The molecule has 6 heteroatoms. The first-order valence-corrected chi connectivity index (χ1v) is 5.28. The third kappa shape index (κ3) is 2.72. The van der Waals surface area contributed by atoms with Gasteiger partial charge in [0, 0.05) is 0 Å². The van der Waals surface area contributed by atoms with Crippen LogP contribution in [0.5, 0.6) is 0 Å². The van der Waals surface area contributed by atoms with E-state index in [0.29, 0.717) is 5.56 Å². The Morgan fingerprint density at radius 2 is 2.06 bits per heavy atom. The molecule has 0 aromatic heterocycles. The molecule has 0 bridgehead atoms. The fourth-order valence-corrected chi connectivity index (χ4v) is 1.96. The second kappa shape index (κ2) is 5.10. The number of nitrogens with one attached hydrogen (secondary N) is 1. The number of aryl methyl sites for hydroxylation is 2. The SMILES string of the molecule is Cc1ccc([C@@H]2NC(=O)OCC2(F)F)c(C)c1.Cl. The van der Waals surface area contributed by atoms with E-state index in [0.717, 1.165) is 11.1 Å². The van der Waals surface area contributed by atoms with Crippen LogP contribution in [0.4, 0.5) is 13.6 Å². The maximum Gasteiger partial charge on any atom is 0.408 e. The highest BCUT2D eigenvalue weighted by atomic mass is 35.5. The Labute approximate surface area is 110 Å². The number of hydrogen-bond donors (Lipinski definition) is 1. The van der Waals surface area contributed by atoms with Crippen molar-refractivity contribution in [2.75, 3.05) is 6.61 Å². The molecule has 0 aliphatic carbocycles. The van der Waals surface area contributed by atoms with E-state index in [2.05, 4.69) is 10.1 Å². The number of ether oxygens (including phenoxy) is 1. The maximum absolute atomic E-state index is 13.7. The van der Waals surface area contributed by atoms with Crippen LogP contribution in [-0.4, -0.2) is 18.6 Å². The van der Waals surface area contributed by atoms with Crippen molar-refractivity contribution in [1.29, 1.82) is 0 Å². The normalized spacial score (nSPS) is 21.6. The molecule has 1 atom stereocenters. The number of rotatable bonds is 1. The van der Waals surface area contributed by atoms with E-state index in [-0.39, 0.29) is 12.4 Å². The first kappa shape index (κ1) is 14.7. The van der Waals surface area contributed by atoms with Crippen molar-refractivity contribution in [1.82, 2.24) is 5.32 Å². The maximum atomic E-state index is 13.7. The van der Waals surface area contributed by atoms with Gasteiger partial charge in [0.25, 0.3) is 0 Å². The molecule has 1 heterocycles. The Hall–Kier alpha value is -1.36. The van der Waals surface area contributed by atoms with Gasteiger partial charge < -0.3 is 10.1 Å². The molecule has 1 fully saturated rings. The van der Waals surface area contributed by atoms with Crippen LogP contribution >= 0.6 is 12.4 Å². The molecule has 1 amide bonds. The Morgan fingerprint density at radius 1 is 1.39 bits per heavy atom. The average Bonchev–Trinajstić information content (AvgIpc) is 2.23. The van der Waals surface area contributed by atoms with E-state index in [1.165, 1.54) is 0 Å². The predicted molar refractivity (Wildman–Crippen MR) is 65.3 cm³/mol. The second-order valence-corrected chi connectivity index (χ2v) is 4.27. The van der Waals surface area contributed by atoms with Gasteiger partial charge in [0.05, 0.1) is 0 Å². The molecule has 2 rings (SSSR count). The summed E-state index contributed by atoms with van der Waals surface area (Å²) < 4.78 is 31.6. The average molecular weight is 278 g/mol. The summed E-state index contributed by atoms with van der Waals surface area (Å²) in [6.07, 6.45) is -0.805. The molecule has 0 saturated carbocycles. The zero-order valence-electron chi connectivity index (χ0n) is 10.00. The van der Waals surface area contributed by atoms with Crippen molar-refractivity contribution < 1.29 is 18.3 Å². The van der Waals surface area contributed by atoms with Gasteiger partial charge in [-0.25, -0.2) is 13.6 Å². The third-order valence-corrected chi connectivity index (χ3v) is 2.82. The quantitative estimate of drug-likeness (QED) is 0.856. The Morgan fingerprint density at radius 3 is 2.67 bits per heavy atom. The topological polar surface area (TPSA) is 38.3 Å². The molecular formula is C12H14ClF2NO2. The van der Waals surface area contributed by atoms with E-state index in [1.807, 2.05) is 13.0 Å². The summed E-state index contributed by atoms with van der Waals surface area (Å²) in [6.45, 7) is 2.76. The van der Waals surface area contributed by atoms with Crippen molar-refractivity contribution in [3.05, 3.63) is 34.9 Å². The molecule has 0 unspecified atom stereocenters. The van der Waals surface area contributed by atoms with Crippen molar-refractivity contribution in [2.45, 2.75) is 25.8 Å². The highest BCUT2D eigenvalue weighted by molar-refractivity contribution is 5.85. The number of amides is 1. The zero-order chi connectivity index (χ0) is 12.6. The summed E-state index contributed by atoms with van der Waals surface area (Å²) in [5.41, 5.74) is 2.15. The van der Waals surface area contributed by atoms with Gasteiger partial charge >= 0.3 is 12.0 Å². The number of halogens is 3. The van der Waals surface area contributed by atoms with E-state index < -0.39 is 24.7 Å². The van der Waals surface area contributed by atoms with E-state index >= 15 is 0 Å². The second-order valence-electron chi connectivity index (χ2n) is 4.27. The number of carbonyl (C=O) groups is 1. The number of alkyl halides is 2. The van der Waals surface area contributed by atoms with Gasteiger partial charge in [-0.15, -0.1) is 12.4 Å². The summed E-state index contributed by atoms with van der Waals surface area (Å²) in [5.74, 6) is -3.09. The lowest BCUT2D eigenvalue weighted by Crippen LogP contribution is -2.49. The molecule has 1 aromatic carbocycles. The highest BCUT2D eigenvalue weighted by Crippen LogP contribution is 2.35. The molecule has 0 spiro atoms. The number of carbonyl (C=O) groups excluding carboxylic acids is 1. The summed E-state index contributed by atoms with van der Waals surface area (Å²) >= 11 is 0. The standard InChI is InChI=1S/C12H13F2NO2.ClH/c1-7-3-4-9(8(2)5-7)10-12(13,14)6-17-11(16)15-10;/h3-5,10H,6H2,1-2H3,(H,15,16);1H/t10-;/m0./s1. The fraction of sp³-hybridized carbons (Fsp3) is 0.417. The number of cyclic esters (lactones) is 1. The number of benzene rings is 1. The number of alkyl carbamates (subject to hydrolysis) is 1. The minimum atomic E-state index is -3.09. The van der Waals surface area contributed by atoms with E-state index in [4.69, 9.17) is 0 Å². The summed E-state index contributed by atoms with van der Waals surface area (Å²) in [6, 6.07) is 3.87. The van der Waals surface area contributed by atoms with E-state index in [1.54, 1.807) is 19.1 Å². The third-order valence-electron chi connectivity index (χ3n) is 2.82. The molecular weight excluding hydrogens is 264 g/mol. The summed E-state index contributed by atoms with van der Waals surface area (Å²) in [4.78, 5) is 11.0. The Balaban J connectivity index is 0.00000162. The smallest absolute Gasteiger partial charge is 0.408 e. The molecule has 0 radical (unpaired) electrons. The zero-order valence-corrected chi connectivity index (χ0v) is 10.8. The highest BCUT2D eigenvalue weighted by Gasteiger charge is 2.47. The van der Waals surface area contributed by atoms with Crippen molar-refractivity contribution >= 4 is 18.5 Å². The molecule has 1 N–H and O–H groups in total. The van der Waals surface area contributed by atoms with Gasteiger partial charge in [-0.2, -0.15) is 0 Å². The lowest BCUT2D eigenvalue weighted by molar-refractivity contribution is -0.104. The fourth-order valence-electron chi connectivity index (χ4n) is 1.96. The van der Waals surface area contributed by atoms with Gasteiger partial charge in [0.2, 0.25) is 0 Å². The Bertz CT molecular complexity index is 465. The number of hydrogen-bond acceptors (Lipinski definition) is 2. The lowest BCUT2D eigenvalue weighted by Gasteiger charge is -2.32. The Kier molecular flexibility index (Phi) is 4.16. The molecule has 1 aromatic rings. The first-order valence-electron chi connectivity index (χ1n) is 5.28. The molecule has 18 heavy (non-hydrogen) atoms. The summed E-state index contributed by atoms with van der Waals surface area (Å²) in [7, 11) is 0. The lowest BCUT2D eigenvalue weighted by atomic mass is 9.94. The molecule has 1 saturated heterocycles. The van der Waals surface area contributed by atoms with Crippen molar-refractivity contribution in [3.63, 3.8) is 0 Å². The van der Waals surface area contributed by atoms with Crippen LogP contribution in [-0.2, 0) is 4.74 Å². The van der Waals surface area contributed by atoms with Crippen LogP contribution in [0.25, 0.3) is 0 Å². The van der Waals surface area contributed by atoms with Gasteiger partial charge in [-0.1, -0.05) is 23.8 Å². The van der Waals surface area contributed by atoms with Crippen LogP contribution < -0.4 is 5.32 Å². The molecule has 3 nitrogen and oxygen atoms in total. The van der Waals surface area contributed by atoms with Crippen molar-refractivity contribution in [3.8, 4) is 0 Å². The van der Waals surface area contributed by atoms with Gasteiger partial charge in [-0.3, -0.25) is 0 Å². The van der Waals surface area contributed by atoms with Crippen molar-refractivity contribution in [2.24, 2.45) is 0 Å². The molecule has 100 valence electrons. The van der Waals surface area contributed by atoms with E-state index in [9.17, 15) is 13.6 Å². The van der Waals surface area contributed by atoms with Gasteiger partial charge in [-0.05, 0) is 25.0 Å². The van der Waals surface area contributed by atoms with Crippen LogP contribution in [0.3, 0.4) is 0 Å². The van der Waals surface area contributed by atoms with Crippen LogP contribution in [0, 0.1) is 13.8 Å².